The van der Waals surface area contributed by atoms with E-state index in [1.54, 1.807) is 0 Å². The molecule has 0 bridgehead atoms. The maximum absolute atomic E-state index is 12.8. The lowest BCUT2D eigenvalue weighted by Crippen LogP contribution is -2.35. The summed E-state index contributed by atoms with van der Waals surface area (Å²) in [5, 5.41) is 3.40. The van der Waals surface area contributed by atoms with Gasteiger partial charge < -0.3 is 10.2 Å². The van der Waals surface area contributed by atoms with E-state index < -0.39 is 0 Å². The average molecular weight is 335 g/mol. The van der Waals surface area contributed by atoms with Crippen molar-refractivity contribution < 1.29 is 4.79 Å². The van der Waals surface area contributed by atoms with Crippen molar-refractivity contribution in [1.29, 1.82) is 0 Å². The molecule has 1 amide bonds. The molecule has 2 aliphatic heterocycles. The highest BCUT2D eigenvalue weighted by atomic mass is 79.9. The van der Waals surface area contributed by atoms with E-state index in [1.165, 1.54) is 18.4 Å². The lowest BCUT2D eigenvalue weighted by Gasteiger charge is -2.25. The molecule has 1 saturated carbocycles. The Kier molecular flexibility index (Phi) is 2.93. The zero-order chi connectivity index (χ0) is 13.7. The number of carbonyl (C=O) groups is 1. The number of rotatable bonds is 1. The summed E-state index contributed by atoms with van der Waals surface area (Å²) in [7, 11) is 0. The van der Waals surface area contributed by atoms with Crippen molar-refractivity contribution >= 4 is 27.5 Å². The number of nitrogens with zero attached hydrogens (tertiary/aromatic N) is 1. The van der Waals surface area contributed by atoms with Crippen LogP contribution in [0.15, 0.2) is 22.7 Å². The Morgan fingerprint density at radius 3 is 2.95 bits per heavy atom. The summed E-state index contributed by atoms with van der Waals surface area (Å²) < 4.78 is 1.06. The lowest BCUT2D eigenvalue weighted by molar-refractivity contribution is -0.120. The molecular formula is C16H19BrN2O. The maximum atomic E-state index is 12.8. The van der Waals surface area contributed by atoms with Gasteiger partial charge in [-0.05, 0) is 61.9 Å². The third-order valence-electron chi connectivity index (χ3n) is 5.30. The summed E-state index contributed by atoms with van der Waals surface area (Å²) in [4.78, 5) is 14.9. The summed E-state index contributed by atoms with van der Waals surface area (Å²) in [6.45, 7) is 3.01. The van der Waals surface area contributed by atoms with E-state index in [2.05, 4.69) is 39.4 Å². The van der Waals surface area contributed by atoms with Crippen molar-refractivity contribution in [2.24, 2.45) is 11.3 Å². The van der Waals surface area contributed by atoms with Crippen LogP contribution >= 0.6 is 15.9 Å². The molecule has 4 rings (SSSR count). The topological polar surface area (TPSA) is 32.3 Å². The monoisotopic (exact) mass is 334 g/mol. The fourth-order valence-corrected chi connectivity index (χ4v) is 4.29. The first-order valence-corrected chi connectivity index (χ1v) is 8.29. The summed E-state index contributed by atoms with van der Waals surface area (Å²) in [6.07, 6.45) is 4.44. The molecule has 1 aromatic carbocycles. The minimum atomic E-state index is 0.273. The molecule has 1 N–H and O–H groups in total. The van der Waals surface area contributed by atoms with Crippen molar-refractivity contribution in [2.45, 2.75) is 25.7 Å². The van der Waals surface area contributed by atoms with E-state index in [1.807, 2.05) is 4.90 Å². The SMILES string of the molecule is O=C(C1CC12CCNCC2)N1CCc2ccc(Br)cc21. The molecule has 2 fully saturated rings. The number of carbonyl (C=O) groups excluding carboxylic acids is 1. The van der Waals surface area contributed by atoms with Gasteiger partial charge in [0.1, 0.15) is 0 Å². The Morgan fingerprint density at radius 1 is 1.35 bits per heavy atom. The molecule has 0 aromatic heterocycles. The molecule has 0 radical (unpaired) electrons. The van der Waals surface area contributed by atoms with Gasteiger partial charge in [-0.25, -0.2) is 0 Å². The molecule has 1 saturated heterocycles. The number of fused-ring (bicyclic) bond motifs is 1. The number of piperidine rings is 1. The van der Waals surface area contributed by atoms with Gasteiger partial charge >= 0.3 is 0 Å². The predicted octanol–water partition coefficient (Wildman–Crippen LogP) is 2.73. The van der Waals surface area contributed by atoms with Crippen molar-refractivity contribution in [3.8, 4) is 0 Å². The third-order valence-corrected chi connectivity index (χ3v) is 5.79. The molecule has 1 atom stereocenters. The number of hydrogen-bond donors (Lipinski definition) is 1. The molecule has 1 spiro atoms. The van der Waals surface area contributed by atoms with Gasteiger partial charge in [0, 0.05) is 22.6 Å². The van der Waals surface area contributed by atoms with Crippen LogP contribution in [0.5, 0.6) is 0 Å². The predicted molar refractivity (Wildman–Crippen MR) is 82.8 cm³/mol. The third kappa shape index (κ3) is 1.92. The normalized spacial score (nSPS) is 26.6. The summed E-state index contributed by atoms with van der Waals surface area (Å²) in [5.74, 6) is 0.637. The highest BCUT2D eigenvalue weighted by Crippen LogP contribution is 2.59. The van der Waals surface area contributed by atoms with Crippen LogP contribution < -0.4 is 10.2 Å². The van der Waals surface area contributed by atoms with E-state index >= 15 is 0 Å². The lowest BCUT2D eigenvalue weighted by atomic mass is 9.91. The molecule has 4 heteroatoms. The second-order valence-electron chi connectivity index (χ2n) is 6.38. The van der Waals surface area contributed by atoms with Crippen LogP contribution in [0, 0.1) is 11.3 Å². The summed E-state index contributed by atoms with van der Waals surface area (Å²) >= 11 is 3.52. The van der Waals surface area contributed by atoms with Crippen molar-refractivity contribution in [3.05, 3.63) is 28.2 Å². The molecule has 1 unspecified atom stereocenters. The standard InChI is InChI=1S/C16H19BrN2O/c17-12-2-1-11-3-8-19(14(11)9-12)15(20)13-10-16(13)4-6-18-7-5-16/h1-2,9,13,18H,3-8,10H2. The summed E-state index contributed by atoms with van der Waals surface area (Å²) in [5.41, 5.74) is 2.76. The number of benzene rings is 1. The fraction of sp³-hybridized carbons (Fsp3) is 0.562. The van der Waals surface area contributed by atoms with Gasteiger partial charge in [0.2, 0.25) is 5.91 Å². The van der Waals surface area contributed by atoms with E-state index in [4.69, 9.17) is 0 Å². The Bertz CT molecular complexity index is 566. The minimum Gasteiger partial charge on any atom is -0.317 e. The van der Waals surface area contributed by atoms with Crippen LogP contribution in [0.1, 0.15) is 24.8 Å². The number of halogens is 1. The molecular weight excluding hydrogens is 316 g/mol. The zero-order valence-electron chi connectivity index (χ0n) is 11.5. The smallest absolute Gasteiger partial charge is 0.230 e. The average Bonchev–Trinajstić information content (AvgIpc) is 2.97. The zero-order valence-corrected chi connectivity index (χ0v) is 13.1. The van der Waals surface area contributed by atoms with E-state index in [-0.39, 0.29) is 5.92 Å². The first kappa shape index (κ1) is 12.8. The van der Waals surface area contributed by atoms with Crippen LogP contribution in [0.3, 0.4) is 0 Å². The molecule has 3 aliphatic rings. The van der Waals surface area contributed by atoms with E-state index in [0.29, 0.717) is 11.3 Å². The van der Waals surface area contributed by atoms with Crippen molar-refractivity contribution in [1.82, 2.24) is 5.32 Å². The first-order chi connectivity index (χ1) is 9.70. The highest BCUT2D eigenvalue weighted by molar-refractivity contribution is 9.10. The molecule has 1 aliphatic carbocycles. The largest absolute Gasteiger partial charge is 0.317 e. The number of hydrogen-bond acceptors (Lipinski definition) is 2. The van der Waals surface area contributed by atoms with Crippen molar-refractivity contribution in [3.63, 3.8) is 0 Å². The quantitative estimate of drug-likeness (QED) is 0.856. The van der Waals surface area contributed by atoms with Gasteiger partial charge in [-0.3, -0.25) is 4.79 Å². The first-order valence-electron chi connectivity index (χ1n) is 7.50. The Hall–Kier alpha value is -0.870. The molecule has 3 nitrogen and oxygen atoms in total. The Morgan fingerprint density at radius 2 is 2.15 bits per heavy atom. The van der Waals surface area contributed by atoms with Gasteiger partial charge in [-0.2, -0.15) is 0 Å². The van der Waals surface area contributed by atoms with Crippen LogP contribution in [0.2, 0.25) is 0 Å². The maximum Gasteiger partial charge on any atom is 0.230 e. The van der Waals surface area contributed by atoms with Crippen LogP contribution in [0.4, 0.5) is 5.69 Å². The van der Waals surface area contributed by atoms with Gasteiger partial charge in [0.25, 0.3) is 0 Å². The number of anilines is 1. The van der Waals surface area contributed by atoms with Gasteiger partial charge in [-0.15, -0.1) is 0 Å². The van der Waals surface area contributed by atoms with Gasteiger partial charge in [-0.1, -0.05) is 22.0 Å². The number of amides is 1. The molecule has 1 aromatic rings. The van der Waals surface area contributed by atoms with Crippen LogP contribution in [-0.2, 0) is 11.2 Å². The molecule has 106 valence electrons. The second kappa shape index (κ2) is 4.57. The highest BCUT2D eigenvalue weighted by Gasteiger charge is 2.58. The second-order valence-corrected chi connectivity index (χ2v) is 7.30. The number of nitrogens with one attached hydrogen (secondary N) is 1. The van der Waals surface area contributed by atoms with Gasteiger partial charge in [0.05, 0.1) is 0 Å². The Labute approximate surface area is 127 Å². The molecule has 20 heavy (non-hydrogen) atoms. The van der Waals surface area contributed by atoms with Crippen LogP contribution in [0.25, 0.3) is 0 Å². The van der Waals surface area contributed by atoms with E-state index in [9.17, 15) is 4.79 Å². The fourth-order valence-electron chi connectivity index (χ4n) is 3.94. The van der Waals surface area contributed by atoms with Crippen LogP contribution in [-0.4, -0.2) is 25.5 Å². The van der Waals surface area contributed by atoms with Gasteiger partial charge in [0.15, 0.2) is 0 Å². The van der Waals surface area contributed by atoms with Crippen molar-refractivity contribution in [2.75, 3.05) is 24.5 Å². The minimum absolute atomic E-state index is 0.273. The Balaban J connectivity index is 1.56. The van der Waals surface area contributed by atoms with E-state index in [0.717, 1.165) is 42.6 Å². The molecule has 2 heterocycles. The summed E-state index contributed by atoms with van der Waals surface area (Å²) in [6, 6.07) is 6.30.